The third-order valence-electron chi connectivity index (χ3n) is 1.64. The predicted molar refractivity (Wildman–Crippen MR) is 85.1 cm³/mol. The van der Waals surface area contributed by atoms with E-state index in [1.165, 1.54) is 11.4 Å². The Bertz CT molecular complexity index is 392. The van der Waals surface area contributed by atoms with Gasteiger partial charge in [0, 0.05) is 0 Å². The summed E-state index contributed by atoms with van der Waals surface area (Å²) in [5.41, 5.74) is -2.21. The van der Waals surface area contributed by atoms with Crippen molar-refractivity contribution in [3.8, 4) is 0 Å². The second kappa shape index (κ2) is 8.89. The number of hydrogen-bond acceptors (Lipinski definition) is 8. The van der Waals surface area contributed by atoms with Crippen LogP contribution in [0.5, 0.6) is 0 Å². The van der Waals surface area contributed by atoms with Crippen molar-refractivity contribution in [3.63, 3.8) is 0 Å². The Balaban J connectivity index is 2.52. The van der Waals surface area contributed by atoms with Gasteiger partial charge in [-0.3, -0.25) is 0 Å². The Morgan fingerprint density at radius 1 is 1.22 bits per heavy atom. The maximum atomic E-state index is 5.56. The minimum Gasteiger partial charge on any atom is -0.322 e. The second-order valence-electron chi connectivity index (χ2n) is 2.95. The van der Waals surface area contributed by atoms with Crippen LogP contribution >= 0.6 is 40.2 Å². The number of hydrogen-bond donors (Lipinski definition) is 0. The van der Waals surface area contributed by atoms with Crippen LogP contribution in [-0.4, -0.2) is 29.2 Å². The van der Waals surface area contributed by atoms with Gasteiger partial charge in [0.05, 0.1) is 19.0 Å². The number of nitrogens with zero attached hydrogens (tertiary/aromatic N) is 2. The van der Waals surface area contributed by atoms with E-state index in [4.69, 9.17) is 20.9 Å². The van der Waals surface area contributed by atoms with Gasteiger partial charge in [-0.05, 0) is 31.4 Å². The third-order valence-corrected chi connectivity index (χ3v) is 9.18. The summed E-state index contributed by atoms with van der Waals surface area (Å²) >= 11 is 10.3. The highest BCUT2D eigenvalue weighted by molar-refractivity contribution is 8.67. The van der Waals surface area contributed by atoms with E-state index in [0.29, 0.717) is 19.0 Å². The Hall–Kier alpha value is 0.830. The number of aromatic nitrogens is 2. The molecule has 0 atom stereocenters. The summed E-state index contributed by atoms with van der Waals surface area (Å²) in [6.45, 7) is 7.13. The number of rotatable bonds is 9. The molecule has 0 saturated heterocycles. The molecule has 0 saturated carbocycles. The zero-order valence-corrected chi connectivity index (χ0v) is 14.8. The van der Waals surface area contributed by atoms with Crippen molar-refractivity contribution in [1.29, 1.82) is 0 Å². The molecule has 0 aliphatic rings. The molecule has 0 spiro atoms. The highest BCUT2D eigenvalue weighted by Crippen LogP contribution is 2.62. The normalized spacial score (nSPS) is 11.9. The first kappa shape index (κ1) is 16.9. The van der Waals surface area contributed by atoms with Gasteiger partial charge in [0.1, 0.15) is 5.01 Å². The van der Waals surface area contributed by atoms with Gasteiger partial charge in [-0.1, -0.05) is 41.4 Å². The summed E-state index contributed by atoms with van der Waals surface area (Å²) in [5.74, 6) is 1.72. The molecule has 0 fully saturated rings. The van der Waals surface area contributed by atoms with E-state index in [1.54, 1.807) is 23.1 Å². The molecule has 0 aliphatic heterocycles. The van der Waals surface area contributed by atoms with Crippen LogP contribution < -0.4 is 0 Å². The topological polar surface area (TPSA) is 44.2 Å². The first-order valence-corrected chi connectivity index (χ1v) is 11.7. The lowest BCUT2D eigenvalue weighted by molar-refractivity contribution is 0.280. The molecule has 0 bridgehead atoms. The van der Waals surface area contributed by atoms with Crippen LogP contribution in [0.15, 0.2) is 4.34 Å². The fraction of sp³-hybridized carbons (Fsp3) is 0.778. The van der Waals surface area contributed by atoms with Crippen molar-refractivity contribution >= 4 is 52.0 Å². The minimum atomic E-state index is -2.21. The molecule has 0 amide bonds. The quantitative estimate of drug-likeness (QED) is 0.492. The van der Waals surface area contributed by atoms with Crippen molar-refractivity contribution in [1.82, 2.24) is 10.2 Å². The molecule has 104 valence electrons. The van der Waals surface area contributed by atoms with Gasteiger partial charge in [-0.15, -0.1) is 10.2 Å². The van der Waals surface area contributed by atoms with Gasteiger partial charge >= 0.3 is 0 Å². The monoisotopic (exact) mass is 344 g/mol. The summed E-state index contributed by atoms with van der Waals surface area (Å²) < 4.78 is 12.1. The summed E-state index contributed by atoms with van der Waals surface area (Å²) in [7, 11) is 0. The van der Waals surface area contributed by atoms with Gasteiger partial charge in [0.25, 0.3) is 0 Å². The first-order valence-electron chi connectivity index (χ1n) is 5.62. The molecule has 0 N–H and O–H groups in total. The molecule has 1 aromatic rings. The SMILES string of the molecule is CCOP(=S)(OCC)SCc1nnc(SCC)s1. The van der Waals surface area contributed by atoms with Crippen LogP contribution in [-0.2, 0) is 26.6 Å². The van der Waals surface area contributed by atoms with E-state index >= 15 is 0 Å². The molecule has 0 aromatic carbocycles. The van der Waals surface area contributed by atoms with E-state index in [1.807, 2.05) is 13.8 Å². The van der Waals surface area contributed by atoms with E-state index in [9.17, 15) is 0 Å². The smallest absolute Gasteiger partial charge is 0.247 e. The van der Waals surface area contributed by atoms with Crippen LogP contribution in [0.25, 0.3) is 0 Å². The molecule has 1 rings (SSSR count). The molecule has 0 radical (unpaired) electrons. The maximum Gasteiger partial charge on any atom is 0.247 e. The Labute approximate surface area is 126 Å². The summed E-state index contributed by atoms with van der Waals surface area (Å²) in [4.78, 5) is 0. The van der Waals surface area contributed by atoms with Crippen LogP contribution in [0, 0.1) is 0 Å². The average Bonchev–Trinajstić information content (AvgIpc) is 2.76. The second-order valence-corrected chi connectivity index (χ2v) is 11.8. The molecular formula is C9H17N2O2PS4. The number of thioether (sulfide) groups is 1. The van der Waals surface area contributed by atoms with Gasteiger partial charge in [-0.25, -0.2) is 0 Å². The molecule has 9 heteroatoms. The molecule has 4 nitrogen and oxygen atoms in total. The van der Waals surface area contributed by atoms with Crippen molar-refractivity contribution in [2.24, 2.45) is 0 Å². The van der Waals surface area contributed by atoms with Gasteiger partial charge < -0.3 is 9.05 Å². The fourth-order valence-electron chi connectivity index (χ4n) is 1.04. The van der Waals surface area contributed by atoms with Crippen molar-refractivity contribution in [2.45, 2.75) is 30.9 Å². The third kappa shape index (κ3) is 5.86. The lowest BCUT2D eigenvalue weighted by Crippen LogP contribution is -1.92. The summed E-state index contributed by atoms with van der Waals surface area (Å²) in [5, 5.41) is 9.24. The van der Waals surface area contributed by atoms with E-state index in [-0.39, 0.29) is 0 Å². The van der Waals surface area contributed by atoms with Crippen LogP contribution in [0.4, 0.5) is 0 Å². The Morgan fingerprint density at radius 3 is 2.44 bits per heavy atom. The lowest BCUT2D eigenvalue weighted by atomic mass is 10.9. The molecular weight excluding hydrogens is 327 g/mol. The maximum absolute atomic E-state index is 5.56. The van der Waals surface area contributed by atoms with Crippen molar-refractivity contribution in [2.75, 3.05) is 19.0 Å². The van der Waals surface area contributed by atoms with Gasteiger partial charge in [0.2, 0.25) is 5.69 Å². The van der Waals surface area contributed by atoms with E-state index in [2.05, 4.69) is 17.1 Å². The van der Waals surface area contributed by atoms with Crippen molar-refractivity contribution < 1.29 is 9.05 Å². The summed E-state index contributed by atoms with van der Waals surface area (Å²) in [6, 6.07) is 0. The lowest BCUT2D eigenvalue weighted by Gasteiger charge is -2.19. The highest BCUT2D eigenvalue weighted by atomic mass is 32.9. The minimum absolute atomic E-state index is 0.581. The molecule has 1 aromatic heterocycles. The first-order chi connectivity index (χ1) is 8.63. The Morgan fingerprint density at radius 2 is 1.89 bits per heavy atom. The molecule has 1 heterocycles. The zero-order chi connectivity index (χ0) is 13.4. The van der Waals surface area contributed by atoms with E-state index < -0.39 is 5.69 Å². The fourth-order valence-corrected chi connectivity index (χ4v) is 7.51. The standard InChI is InChI=1S/C9H17N2O2PS4/c1-4-12-14(15,13-5-2)17-7-8-10-11-9(18-8)16-6-3/h4-7H2,1-3H3. The largest absolute Gasteiger partial charge is 0.322 e. The van der Waals surface area contributed by atoms with E-state index in [0.717, 1.165) is 15.1 Å². The molecule has 18 heavy (non-hydrogen) atoms. The predicted octanol–water partition coefficient (Wildman–Crippen LogP) is 4.18. The average molecular weight is 344 g/mol. The molecule has 0 unspecified atom stereocenters. The van der Waals surface area contributed by atoms with Crippen molar-refractivity contribution in [3.05, 3.63) is 5.01 Å². The Kier molecular flexibility index (Phi) is 8.34. The van der Waals surface area contributed by atoms with Crippen LogP contribution in [0.3, 0.4) is 0 Å². The van der Waals surface area contributed by atoms with Crippen LogP contribution in [0.1, 0.15) is 25.8 Å². The highest BCUT2D eigenvalue weighted by Gasteiger charge is 2.20. The summed E-state index contributed by atoms with van der Waals surface area (Å²) in [6.07, 6.45) is 0. The van der Waals surface area contributed by atoms with Gasteiger partial charge in [0.15, 0.2) is 4.34 Å². The van der Waals surface area contributed by atoms with Gasteiger partial charge in [-0.2, -0.15) is 0 Å². The molecule has 0 aliphatic carbocycles. The van der Waals surface area contributed by atoms with Crippen LogP contribution in [0.2, 0.25) is 0 Å². The zero-order valence-electron chi connectivity index (χ0n) is 10.6.